The first-order valence-corrected chi connectivity index (χ1v) is 5.30. The van der Waals surface area contributed by atoms with Gasteiger partial charge in [0, 0.05) is 4.47 Å². The minimum atomic E-state index is -1.11. The number of nitrogens with two attached hydrogens (primary N) is 1. The molecule has 1 aromatic rings. The molecule has 0 aromatic heterocycles. The zero-order valence-electron chi connectivity index (χ0n) is 8.53. The summed E-state index contributed by atoms with van der Waals surface area (Å²) in [6.45, 7) is 1.52. The Morgan fingerprint density at radius 1 is 1.50 bits per heavy atom. The van der Waals surface area contributed by atoms with Crippen molar-refractivity contribution in [1.29, 1.82) is 0 Å². The van der Waals surface area contributed by atoms with Crippen molar-refractivity contribution in [1.82, 2.24) is 0 Å². The van der Waals surface area contributed by atoms with Crippen LogP contribution in [0, 0.1) is 0 Å². The van der Waals surface area contributed by atoms with Gasteiger partial charge in [-0.15, -0.1) is 0 Å². The molecule has 1 unspecified atom stereocenters. The second kappa shape index (κ2) is 5.09. The lowest BCUT2D eigenvalue weighted by Gasteiger charge is -2.10. The number of halogens is 1. The van der Waals surface area contributed by atoms with E-state index in [0.717, 1.165) is 0 Å². The van der Waals surface area contributed by atoms with Gasteiger partial charge in [-0.1, -0.05) is 15.9 Å². The fraction of sp³-hybridized carbons (Fsp3) is 0.200. The van der Waals surface area contributed by atoms with Crippen LogP contribution in [0.2, 0.25) is 0 Å². The summed E-state index contributed by atoms with van der Waals surface area (Å²) >= 11 is 3.16. The molecule has 0 aliphatic carbocycles. The third-order valence-electron chi connectivity index (χ3n) is 1.88. The van der Waals surface area contributed by atoms with E-state index in [2.05, 4.69) is 21.2 Å². The van der Waals surface area contributed by atoms with Crippen LogP contribution in [0.15, 0.2) is 22.7 Å². The number of carboxylic acid groups (broad SMARTS) is 1. The lowest BCUT2D eigenvalue weighted by molar-refractivity contribution is -0.117. The van der Waals surface area contributed by atoms with E-state index in [9.17, 15) is 9.59 Å². The second-order valence-corrected chi connectivity index (χ2v) is 4.19. The number of hydrogen-bond donors (Lipinski definition) is 3. The summed E-state index contributed by atoms with van der Waals surface area (Å²) in [7, 11) is 0. The average molecular weight is 287 g/mol. The van der Waals surface area contributed by atoms with Crippen LogP contribution in [0.1, 0.15) is 17.3 Å². The van der Waals surface area contributed by atoms with Gasteiger partial charge in [0.2, 0.25) is 5.91 Å². The molecular formula is C10H11BrN2O3. The van der Waals surface area contributed by atoms with Gasteiger partial charge in [-0.25, -0.2) is 4.79 Å². The van der Waals surface area contributed by atoms with Crippen molar-refractivity contribution >= 4 is 33.5 Å². The number of rotatable bonds is 3. The van der Waals surface area contributed by atoms with E-state index in [1.165, 1.54) is 19.1 Å². The number of anilines is 1. The Kier molecular flexibility index (Phi) is 4.03. The highest BCUT2D eigenvalue weighted by Crippen LogP contribution is 2.21. The van der Waals surface area contributed by atoms with Crippen molar-refractivity contribution in [3.63, 3.8) is 0 Å². The van der Waals surface area contributed by atoms with E-state index in [0.29, 0.717) is 4.47 Å². The quantitative estimate of drug-likeness (QED) is 0.784. The van der Waals surface area contributed by atoms with Gasteiger partial charge in [0.05, 0.1) is 17.3 Å². The highest BCUT2D eigenvalue weighted by molar-refractivity contribution is 9.10. The van der Waals surface area contributed by atoms with E-state index >= 15 is 0 Å². The summed E-state index contributed by atoms with van der Waals surface area (Å²) in [5, 5.41) is 11.4. The van der Waals surface area contributed by atoms with Gasteiger partial charge in [0.25, 0.3) is 0 Å². The summed E-state index contributed by atoms with van der Waals surface area (Å²) in [6, 6.07) is 3.88. The van der Waals surface area contributed by atoms with Gasteiger partial charge in [0.1, 0.15) is 0 Å². The lowest BCUT2D eigenvalue weighted by atomic mass is 10.1. The number of carbonyl (C=O) groups is 2. The number of carboxylic acids is 1. The third kappa shape index (κ3) is 3.04. The normalized spacial score (nSPS) is 11.9. The molecule has 0 spiro atoms. The standard InChI is InChI=1S/C10H11BrN2O3/c1-5(12)9(14)13-8-3-2-6(11)4-7(8)10(15)16/h2-5H,12H2,1H3,(H,13,14)(H,15,16). The monoisotopic (exact) mass is 286 g/mol. The molecule has 6 heteroatoms. The molecule has 0 bridgehead atoms. The van der Waals surface area contributed by atoms with Crippen LogP contribution in [0.4, 0.5) is 5.69 Å². The minimum absolute atomic E-state index is 0.0170. The number of hydrogen-bond acceptors (Lipinski definition) is 3. The van der Waals surface area contributed by atoms with Crippen molar-refractivity contribution in [2.75, 3.05) is 5.32 Å². The molecule has 1 aromatic carbocycles. The molecule has 0 heterocycles. The SMILES string of the molecule is CC(N)C(=O)Nc1ccc(Br)cc1C(=O)O. The Bertz CT molecular complexity index is 432. The molecule has 4 N–H and O–H groups in total. The van der Waals surface area contributed by atoms with Crippen LogP contribution in [-0.4, -0.2) is 23.0 Å². The van der Waals surface area contributed by atoms with E-state index < -0.39 is 17.9 Å². The molecule has 86 valence electrons. The van der Waals surface area contributed by atoms with Crippen LogP contribution in [0.25, 0.3) is 0 Å². The molecule has 0 radical (unpaired) electrons. The van der Waals surface area contributed by atoms with E-state index in [4.69, 9.17) is 10.8 Å². The second-order valence-electron chi connectivity index (χ2n) is 3.27. The average Bonchev–Trinajstić information content (AvgIpc) is 2.20. The first-order valence-electron chi connectivity index (χ1n) is 4.51. The largest absolute Gasteiger partial charge is 0.478 e. The van der Waals surface area contributed by atoms with Gasteiger partial charge < -0.3 is 16.2 Å². The van der Waals surface area contributed by atoms with Crippen molar-refractivity contribution in [2.45, 2.75) is 13.0 Å². The molecule has 5 nitrogen and oxygen atoms in total. The highest BCUT2D eigenvalue weighted by atomic mass is 79.9. The number of carbonyl (C=O) groups excluding carboxylic acids is 1. The van der Waals surface area contributed by atoms with Gasteiger partial charge in [0.15, 0.2) is 0 Å². The maximum Gasteiger partial charge on any atom is 0.337 e. The zero-order valence-corrected chi connectivity index (χ0v) is 10.1. The highest BCUT2D eigenvalue weighted by Gasteiger charge is 2.14. The maximum absolute atomic E-state index is 11.3. The molecule has 16 heavy (non-hydrogen) atoms. The first kappa shape index (κ1) is 12.7. The molecular weight excluding hydrogens is 276 g/mol. The summed E-state index contributed by atoms with van der Waals surface area (Å²) in [6.07, 6.45) is 0. The van der Waals surface area contributed by atoms with Crippen LogP contribution < -0.4 is 11.1 Å². The summed E-state index contributed by atoms with van der Waals surface area (Å²) in [5.74, 6) is -1.54. The molecule has 1 amide bonds. The number of nitrogens with one attached hydrogen (secondary N) is 1. The fourth-order valence-corrected chi connectivity index (χ4v) is 1.41. The summed E-state index contributed by atoms with van der Waals surface area (Å²) in [5.41, 5.74) is 5.62. The predicted octanol–water partition coefficient (Wildman–Crippen LogP) is 1.43. The topological polar surface area (TPSA) is 92.4 Å². The first-order chi connectivity index (χ1) is 7.41. The van der Waals surface area contributed by atoms with Crippen LogP contribution in [-0.2, 0) is 4.79 Å². The van der Waals surface area contributed by atoms with Gasteiger partial charge >= 0.3 is 5.97 Å². The minimum Gasteiger partial charge on any atom is -0.478 e. The molecule has 0 saturated carbocycles. The van der Waals surface area contributed by atoms with Crippen LogP contribution >= 0.6 is 15.9 Å². The molecule has 0 fully saturated rings. The lowest BCUT2D eigenvalue weighted by Crippen LogP contribution is -2.33. The summed E-state index contributed by atoms with van der Waals surface area (Å²) < 4.78 is 0.628. The van der Waals surface area contributed by atoms with Crippen molar-refractivity contribution in [2.24, 2.45) is 5.73 Å². The van der Waals surface area contributed by atoms with E-state index in [1.54, 1.807) is 6.07 Å². The Hall–Kier alpha value is -1.40. The number of benzene rings is 1. The molecule has 1 atom stereocenters. The molecule has 0 aliphatic rings. The molecule has 0 saturated heterocycles. The zero-order chi connectivity index (χ0) is 12.3. The van der Waals surface area contributed by atoms with Gasteiger partial charge in [-0.2, -0.15) is 0 Å². The van der Waals surface area contributed by atoms with Crippen molar-refractivity contribution in [3.8, 4) is 0 Å². The van der Waals surface area contributed by atoms with E-state index in [-0.39, 0.29) is 11.3 Å². The van der Waals surface area contributed by atoms with Crippen LogP contribution in [0.5, 0.6) is 0 Å². The fourth-order valence-electron chi connectivity index (χ4n) is 1.05. The molecule has 0 aliphatic heterocycles. The summed E-state index contributed by atoms with van der Waals surface area (Å²) in [4.78, 5) is 22.3. The van der Waals surface area contributed by atoms with Crippen LogP contribution in [0.3, 0.4) is 0 Å². The Labute approximate surface area is 101 Å². The van der Waals surface area contributed by atoms with Crippen molar-refractivity contribution in [3.05, 3.63) is 28.2 Å². The Balaban J connectivity index is 3.04. The van der Waals surface area contributed by atoms with Gasteiger partial charge in [-0.3, -0.25) is 4.79 Å². The number of amides is 1. The Morgan fingerprint density at radius 3 is 2.62 bits per heavy atom. The third-order valence-corrected chi connectivity index (χ3v) is 2.38. The van der Waals surface area contributed by atoms with E-state index in [1.807, 2.05) is 0 Å². The maximum atomic E-state index is 11.3. The number of aromatic carboxylic acids is 1. The van der Waals surface area contributed by atoms with Crippen molar-refractivity contribution < 1.29 is 14.7 Å². The Morgan fingerprint density at radius 2 is 2.12 bits per heavy atom. The predicted molar refractivity (Wildman–Crippen MR) is 63.4 cm³/mol. The van der Waals surface area contributed by atoms with Gasteiger partial charge in [-0.05, 0) is 25.1 Å². The smallest absolute Gasteiger partial charge is 0.337 e. The molecule has 1 rings (SSSR count).